The molecule has 0 saturated carbocycles. The van der Waals surface area contributed by atoms with E-state index < -0.39 is 6.47 Å². The standard InChI is InChI=1S/C12H19ClNS2.CH2O2/c1-4-14(5-2,6-3)16-15-12-10-8-7-9-11(12)13;2-1-3/h7-10H,4-6H2,1-3H3;1H,(H,2,3)/q+1;/p-1. The lowest BCUT2D eigenvalue weighted by Gasteiger charge is -2.31. The first-order valence-corrected chi connectivity index (χ1v) is 8.60. The molecule has 1 aromatic carbocycles. The van der Waals surface area contributed by atoms with Crippen molar-refractivity contribution in [2.75, 3.05) is 19.6 Å². The van der Waals surface area contributed by atoms with E-state index in [4.69, 9.17) is 21.5 Å². The van der Waals surface area contributed by atoms with Gasteiger partial charge in [-0.15, -0.1) is 0 Å². The van der Waals surface area contributed by atoms with Crippen molar-refractivity contribution in [1.29, 1.82) is 0 Å². The predicted octanol–water partition coefficient (Wildman–Crippen LogP) is 3.24. The van der Waals surface area contributed by atoms with Gasteiger partial charge >= 0.3 is 0 Å². The summed E-state index contributed by atoms with van der Waals surface area (Å²) in [5, 5.41) is 9.10. The van der Waals surface area contributed by atoms with Crippen LogP contribution in [0.25, 0.3) is 0 Å². The largest absolute Gasteiger partial charge is 0.554 e. The van der Waals surface area contributed by atoms with E-state index in [1.54, 1.807) is 10.8 Å². The van der Waals surface area contributed by atoms with Crippen LogP contribution in [0.1, 0.15) is 20.8 Å². The minimum Gasteiger partial charge on any atom is -0.554 e. The summed E-state index contributed by atoms with van der Waals surface area (Å²) in [7, 11) is 3.69. The van der Waals surface area contributed by atoms with Gasteiger partial charge in [-0.1, -0.05) is 23.7 Å². The minimum atomic E-state index is -0.500. The third kappa shape index (κ3) is 6.56. The molecule has 3 nitrogen and oxygen atoms in total. The van der Waals surface area contributed by atoms with E-state index in [9.17, 15) is 0 Å². The van der Waals surface area contributed by atoms with Gasteiger partial charge in [-0.25, -0.2) is 0 Å². The monoisotopic (exact) mass is 321 g/mol. The quantitative estimate of drug-likeness (QED) is 0.349. The topological polar surface area (TPSA) is 40.1 Å². The van der Waals surface area contributed by atoms with Crippen LogP contribution in [0.4, 0.5) is 0 Å². The highest BCUT2D eigenvalue weighted by atomic mass is 35.5. The van der Waals surface area contributed by atoms with Crippen molar-refractivity contribution in [1.82, 2.24) is 0 Å². The molecule has 0 heterocycles. The first-order valence-electron chi connectivity index (χ1n) is 6.11. The SMILES string of the molecule is CC[N+](CC)(CC)SSc1ccccc1Cl.O=C[O-]. The second kappa shape index (κ2) is 10.4. The number of carbonyl (C=O) groups is 1. The predicted molar refractivity (Wildman–Crippen MR) is 82.8 cm³/mol. The minimum absolute atomic E-state index is 0.500. The molecular weight excluding hydrogens is 302 g/mol. The van der Waals surface area contributed by atoms with E-state index in [1.807, 2.05) is 29.2 Å². The van der Waals surface area contributed by atoms with Crippen LogP contribution in [0, 0.1) is 0 Å². The maximum atomic E-state index is 8.25. The Morgan fingerprint density at radius 2 is 1.68 bits per heavy atom. The van der Waals surface area contributed by atoms with E-state index in [-0.39, 0.29) is 0 Å². The van der Waals surface area contributed by atoms with Crippen LogP contribution in [-0.2, 0) is 4.79 Å². The zero-order chi connectivity index (χ0) is 14.7. The molecule has 0 radical (unpaired) electrons. The summed E-state index contributed by atoms with van der Waals surface area (Å²) in [5.74, 6) is 0. The first-order chi connectivity index (χ1) is 9.09. The number of benzene rings is 1. The van der Waals surface area contributed by atoms with Gasteiger partial charge in [-0.3, -0.25) is 3.89 Å². The van der Waals surface area contributed by atoms with Crippen molar-refractivity contribution < 1.29 is 13.8 Å². The summed E-state index contributed by atoms with van der Waals surface area (Å²) >= 11 is 6.14. The third-order valence-electron chi connectivity index (χ3n) is 2.85. The van der Waals surface area contributed by atoms with Gasteiger partial charge in [0.15, 0.2) is 11.0 Å². The van der Waals surface area contributed by atoms with Crippen molar-refractivity contribution in [2.45, 2.75) is 25.7 Å². The molecule has 0 bridgehead atoms. The molecule has 0 fully saturated rings. The lowest BCUT2D eigenvalue weighted by atomic mass is 10.4. The van der Waals surface area contributed by atoms with Crippen LogP contribution in [-0.4, -0.2) is 30.0 Å². The molecule has 0 unspecified atom stereocenters. The van der Waals surface area contributed by atoms with Gasteiger partial charge in [0.2, 0.25) is 0 Å². The summed E-state index contributed by atoms with van der Waals surface area (Å²) in [6.45, 7) is 9.67. The number of hydrogen-bond donors (Lipinski definition) is 0. The smallest absolute Gasteiger partial charge is 0.152 e. The summed E-state index contributed by atoms with van der Waals surface area (Å²) in [6, 6.07) is 8.03. The number of halogens is 1. The van der Waals surface area contributed by atoms with Gasteiger partial charge in [0.05, 0.1) is 24.7 Å². The zero-order valence-corrected chi connectivity index (χ0v) is 13.9. The van der Waals surface area contributed by atoms with Gasteiger partial charge in [-0.2, -0.15) is 0 Å². The van der Waals surface area contributed by atoms with Gasteiger partial charge in [0.1, 0.15) is 0 Å². The molecule has 0 saturated heterocycles. The van der Waals surface area contributed by atoms with Crippen molar-refractivity contribution in [3.63, 3.8) is 0 Å². The molecule has 0 atom stereocenters. The molecular formula is C13H20ClNO2S2. The van der Waals surface area contributed by atoms with Crippen LogP contribution in [0.3, 0.4) is 0 Å². The second-order valence-corrected chi connectivity index (χ2v) is 6.58. The molecule has 0 spiro atoms. The molecule has 0 aromatic heterocycles. The fourth-order valence-electron chi connectivity index (χ4n) is 1.46. The molecule has 108 valence electrons. The molecule has 6 heteroatoms. The molecule has 19 heavy (non-hydrogen) atoms. The molecule has 0 aliphatic carbocycles. The fourth-order valence-corrected chi connectivity index (χ4v) is 4.79. The van der Waals surface area contributed by atoms with Crippen molar-refractivity contribution >= 4 is 39.8 Å². The Bertz CT molecular complexity index is 365. The van der Waals surface area contributed by atoms with Crippen LogP contribution in [0.5, 0.6) is 0 Å². The Morgan fingerprint density at radius 1 is 1.21 bits per heavy atom. The molecule has 0 aliphatic rings. The van der Waals surface area contributed by atoms with E-state index in [2.05, 4.69) is 26.8 Å². The summed E-state index contributed by atoms with van der Waals surface area (Å²) in [6.07, 6.45) is 0. The van der Waals surface area contributed by atoms with Gasteiger partial charge in [0.25, 0.3) is 0 Å². The highest BCUT2D eigenvalue weighted by molar-refractivity contribution is 8.74. The molecule has 0 N–H and O–H groups in total. The summed E-state index contributed by atoms with van der Waals surface area (Å²) < 4.78 is 1.07. The number of carboxylic acid groups (broad SMARTS) is 1. The maximum absolute atomic E-state index is 8.25. The normalized spacial score (nSPS) is 10.5. The lowest BCUT2D eigenvalue weighted by Crippen LogP contribution is -2.39. The van der Waals surface area contributed by atoms with E-state index in [0.29, 0.717) is 0 Å². The van der Waals surface area contributed by atoms with Crippen molar-refractivity contribution in [3.8, 4) is 0 Å². The number of nitrogens with zero attached hydrogens (tertiary/aromatic N) is 1. The highest BCUT2D eigenvalue weighted by Crippen LogP contribution is 2.41. The second-order valence-electron chi connectivity index (χ2n) is 3.69. The number of quaternary nitrogens is 1. The summed E-state index contributed by atoms with van der Waals surface area (Å²) in [4.78, 5) is 9.41. The van der Waals surface area contributed by atoms with E-state index in [1.165, 1.54) is 0 Å². The Morgan fingerprint density at radius 3 is 2.11 bits per heavy atom. The van der Waals surface area contributed by atoms with Crippen LogP contribution >= 0.6 is 33.4 Å². The zero-order valence-electron chi connectivity index (χ0n) is 11.5. The van der Waals surface area contributed by atoms with Gasteiger partial charge < -0.3 is 9.90 Å². The number of hydrogen-bond acceptors (Lipinski definition) is 4. The van der Waals surface area contributed by atoms with Gasteiger partial charge in [0, 0.05) is 22.2 Å². The molecule has 1 aromatic rings. The van der Waals surface area contributed by atoms with E-state index >= 15 is 0 Å². The molecule has 1 rings (SSSR count). The van der Waals surface area contributed by atoms with Crippen molar-refractivity contribution in [2.24, 2.45) is 0 Å². The van der Waals surface area contributed by atoms with Crippen LogP contribution in [0.2, 0.25) is 5.02 Å². The van der Waals surface area contributed by atoms with E-state index in [0.717, 1.165) is 33.4 Å². The highest BCUT2D eigenvalue weighted by Gasteiger charge is 2.24. The van der Waals surface area contributed by atoms with Crippen LogP contribution < -0.4 is 5.11 Å². The van der Waals surface area contributed by atoms with Gasteiger partial charge in [-0.05, 0) is 32.9 Å². The molecule has 0 amide bonds. The lowest BCUT2D eigenvalue weighted by molar-refractivity contribution is -0.787. The number of rotatable bonds is 6. The Labute approximate surface area is 128 Å². The Kier molecular flexibility index (Phi) is 10.2. The van der Waals surface area contributed by atoms with Crippen LogP contribution in [0.15, 0.2) is 29.2 Å². The average Bonchev–Trinajstić information content (AvgIpc) is 2.43. The average molecular weight is 322 g/mol. The fraction of sp³-hybridized carbons (Fsp3) is 0.462. The first kappa shape index (κ1) is 18.6. The Hall–Kier alpha value is -0.360. The molecule has 0 aliphatic heterocycles. The third-order valence-corrected chi connectivity index (χ3v) is 6.70. The summed E-state index contributed by atoms with van der Waals surface area (Å²) in [5.41, 5.74) is 0. The maximum Gasteiger partial charge on any atom is 0.152 e. The number of carbonyl (C=O) groups excluding carboxylic acids is 1. The Balaban J connectivity index is 0.000000982. The van der Waals surface area contributed by atoms with Crippen molar-refractivity contribution in [3.05, 3.63) is 29.3 Å².